The standard InChI is InChI=1S/C17H21N/c1-4-14-7-10-17(18-12-14)16-8-5-15(6-9-16)11-13(2)3/h5-10,12-13H,4,11H2,1-3H3. The molecule has 18 heavy (non-hydrogen) atoms. The average molecular weight is 239 g/mol. The number of hydrogen-bond donors (Lipinski definition) is 0. The van der Waals surface area contributed by atoms with Crippen LogP contribution in [0.1, 0.15) is 31.9 Å². The zero-order valence-corrected chi connectivity index (χ0v) is 11.5. The Balaban J connectivity index is 2.17. The van der Waals surface area contributed by atoms with Crippen LogP contribution in [0.25, 0.3) is 11.3 Å². The van der Waals surface area contributed by atoms with E-state index in [1.54, 1.807) is 0 Å². The van der Waals surface area contributed by atoms with E-state index >= 15 is 0 Å². The molecule has 2 aromatic rings. The van der Waals surface area contributed by atoms with Crippen molar-refractivity contribution < 1.29 is 0 Å². The van der Waals surface area contributed by atoms with Crippen LogP contribution in [0.15, 0.2) is 42.6 Å². The van der Waals surface area contributed by atoms with Gasteiger partial charge in [-0.05, 0) is 36.0 Å². The first-order valence-electron chi connectivity index (χ1n) is 6.73. The molecule has 2 rings (SSSR count). The molecule has 0 N–H and O–H groups in total. The minimum atomic E-state index is 0.706. The van der Waals surface area contributed by atoms with Gasteiger partial charge in [0.25, 0.3) is 0 Å². The lowest BCUT2D eigenvalue weighted by molar-refractivity contribution is 0.647. The summed E-state index contributed by atoms with van der Waals surface area (Å²) in [6.45, 7) is 6.65. The first-order valence-corrected chi connectivity index (χ1v) is 6.73. The molecule has 1 heterocycles. The van der Waals surface area contributed by atoms with E-state index in [0.717, 1.165) is 18.5 Å². The molecule has 1 aromatic heterocycles. The molecule has 0 fully saturated rings. The molecule has 0 saturated carbocycles. The van der Waals surface area contributed by atoms with Gasteiger partial charge in [-0.1, -0.05) is 51.1 Å². The van der Waals surface area contributed by atoms with Gasteiger partial charge in [-0.2, -0.15) is 0 Å². The summed E-state index contributed by atoms with van der Waals surface area (Å²) >= 11 is 0. The maximum atomic E-state index is 4.51. The molecule has 0 aliphatic carbocycles. The number of aromatic nitrogens is 1. The van der Waals surface area contributed by atoms with Crippen LogP contribution in [0, 0.1) is 5.92 Å². The highest BCUT2D eigenvalue weighted by molar-refractivity contribution is 5.59. The Morgan fingerprint density at radius 1 is 0.944 bits per heavy atom. The van der Waals surface area contributed by atoms with Gasteiger partial charge in [-0.15, -0.1) is 0 Å². The fourth-order valence-electron chi connectivity index (χ4n) is 2.09. The Morgan fingerprint density at radius 3 is 2.11 bits per heavy atom. The molecule has 0 amide bonds. The van der Waals surface area contributed by atoms with Gasteiger partial charge < -0.3 is 0 Å². The van der Waals surface area contributed by atoms with E-state index < -0.39 is 0 Å². The lowest BCUT2D eigenvalue weighted by Crippen LogP contribution is -1.93. The van der Waals surface area contributed by atoms with Crippen LogP contribution in [0.2, 0.25) is 0 Å². The zero-order valence-electron chi connectivity index (χ0n) is 11.5. The maximum Gasteiger partial charge on any atom is 0.0702 e. The first-order chi connectivity index (χ1) is 8.69. The summed E-state index contributed by atoms with van der Waals surface area (Å²) in [6, 6.07) is 13.0. The highest BCUT2D eigenvalue weighted by Crippen LogP contribution is 2.19. The van der Waals surface area contributed by atoms with Crippen LogP contribution in [-0.4, -0.2) is 4.98 Å². The summed E-state index contributed by atoms with van der Waals surface area (Å²) in [6.07, 6.45) is 4.15. The van der Waals surface area contributed by atoms with E-state index in [0.29, 0.717) is 5.92 Å². The van der Waals surface area contributed by atoms with Gasteiger partial charge in [0.05, 0.1) is 5.69 Å². The van der Waals surface area contributed by atoms with E-state index in [-0.39, 0.29) is 0 Å². The van der Waals surface area contributed by atoms with Crippen molar-refractivity contribution in [2.24, 2.45) is 5.92 Å². The van der Waals surface area contributed by atoms with Crippen molar-refractivity contribution >= 4 is 0 Å². The summed E-state index contributed by atoms with van der Waals surface area (Å²) in [7, 11) is 0. The van der Waals surface area contributed by atoms with E-state index in [4.69, 9.17) is 0 Å². The van der Waals surface area contributed by atoms with Gasteiger partial charge in [0.1, 0.15) is 0 Å². The predicted molar refractivity (Wildman–Crippen MR) is 77.6 cm³/mol. The van der Waals surface area contributed by atoms with Crippen molar-refractivity contribution in [3.8, 4) is 11.3 Å². The Labute approximate surface area is 110 Å². The van der Waals surface area contributed by atoms with Crippen molar-refractivity contribution in [3.63, 3.8) is 0 Å². The van der Waals surface area contributed by atoms with Gasteiger partial charge in [0.2, 0.25) is 0 Å². The monoisotopic (exact) mass is 239 g/mol. The van der Waals surface area contributed by atoms with Crippen molar-refractivity contribution in [3.05, 3.63) is 53.7 Å². The summed E-state index contributed by atoms with van der Waals surface area (Å²) in [5.74, 6) is 0.706. The van der Waals surface area contributed by atoms with Gasteiger partial charge in [0.15, 0.2) is 0 Å². The van der Waals surface area contributed by atoms with E-state index in [2.05, 4.69) is 62.2 Å². The highest BCUT2D eigenvalue weighted by Gasteiger charge is 2.01. The molecule has 1 aromatic carbocycles. The Morgan fingerprint density at radius 2 is 1.61 bits per heavy atom. The SMILES string of the molecule is CCc1ccc(-c2ccc(CC(C)C)cc2)nc1. The molecule has 0 spiro atoms. The fraction of sp³-hybridized carbons (Fsp3) is 0.353. The van der Waals surface area contributed by atoms with Crippen molar-refractivity contribution in [2.45, 2.75) is 33.6 Å². The summed E-state index contributed by atoms with van der Waals surface area (Å²) in [4.78, 5) is 4.51. The molecule has 1 nitrogen and oxygen atoms in total. The average Bonchev–Trinajstić information content (AvgIpc) is 2.39. The molecular weight excluding hydrogens is 218 g/mol. The highest BCUT2D eigenvalue weighted by atomic mass is 14.7. The van der Waals surface area contributed by atoms with Crippen molar-refractivity contribution in [1.29, 1.82) is 0 Å². The third-order valence-corrected chi connectivity index (χ3v) is 3.13. The lowest BCUT2D eigenvalue weighted by Gasteiger charge is -2.06. The van der Waals surface area contributed by atoms with Crippen LogP contribution in [-0.2, 0) is 12.8 Å². The second-order valence-electron chi connectivity index (χ2n) is 5.20. The van der Waals surface area contributed by atoms with E-state index in [1.807, 2.05) is 6.20 Å². The topological polar surface area (TPSA) is 12.9 Å². The molecule has 0 radical (unpaired) electrons. The van der Waals surface area contributed by atoms with E-state index in [1.165, 1.54) is 16.7 Å². The quantitative estimate of drug-likeness (QED) is 0.765. The number of rotatable bonds is 4. The molecule has 0 aliphatic heterocycles. The number of pyridine rings is 1. The normalized spacial score (nSPS) is 10.9. The second kappa shape index (κ2) is 5.81. The van der Waals surface area contributed by atoms with Gasteiger partial charge >= 0.3 is 0 Å². The Hall–Kier alpha value is -1.63. The molecule has 0 saturated heterocycles. The Bertz CT molecular complexity index is 480. The largest absolute Gasteiger partial charge is 0.256 e. The number of benzene rings is 1. The molecule has 1 heteroatoms. The van der Waals surface area contributed by atoms with Crippen LogP contribution in [0.4, 0.5) is 0 Å². The van der Waals surface area contributed by atoms with Crippen LogP contribution >= 0.6 is 0 Å². The molecule has 0 unspecified atom stereocenters. The molecule has 0 atom stereocenters. The maximum absolute atomic E-state index is 4.51. The zero-order chi connectivity index (χ0) is 13.0. The smallest absolute Gasteiger partial charge is 0.0702 e. The number of hydrogen-bond acceptors (Lipinski definition) is 1. The predicted octanol–water partition coefficient (Wildman–Crippen LogP) is 4.51. The number of aryl methyl sites for hydroxylation is 1. The third-order valence-electron chi connectivity index (χ3n) is 3.13. The molecular formula is C17H21N. The first kappa shape index (κ1) is 12.8. The van der Waals surface area contributed by atoms with Crippen molar-refractivity contribution in [1.82, 2.24) is 4.98 Å². The summed E-state index contributed by atoms with van der Waals surface area (Å²) < 4.78 is 0. The van der Waals surface area contributed by atoms with Gasteiger partial charge in [-0.25, -0.2) is 0 Å². The van der Waals surface area contributed by atoms with Crippen LogP contribution in [0.3, 0.4) is 0 Å². The second-order valence-corrected chi connectivity index (χ2v) is 5.20. The van der Waals surface area contributed by atoms with Crippen LogP contribution < -0.4 is 0 Å². The summed E-state index contributed by atoms with van der Waals surface area (Å²) in [5.41, 5.74) is 4.95. The number of nitrogens with zero attached hydrogens (tertiary/aromatic N) is 1. The minimum Gasteiger partial charge on any atom is -0.256 e. The van der Waals surface area contributed by atoms with Gasteiger partial charge in [0, 0.05) is 11.8 Å². The molecule has 0 aliphatic rings. The molecule has 94 valence electrons. The van der Waals surface area contributed by atoms with Gasteiger partial charge in [-0.3, -0.25) is 4.98 Å². The third kappa shape index (κ3) is 3.19. The van der Waals surface area contributed by atoms with Crippen molar-refractivity contribution in [2.75, 3.05) is 0 Å². The molecule has 0 bridgehead atoms. The van der Waals surface area contributed by atoms with E-state index in [9.17, 15) is 0 Å². The Kier molecular flexibility index (Phi) is 4.14. The summed E-state index contributed by atoms with van der Waals surface area (Å²) in [5, 5.41) is 0. The lowest BCUT2D eigenvalue weighted by atomic mass is 10.0. The van der Waals surface area contributed by atoms with Crippen LogP contribution in [0.5, 0.6) is 0 Å². The minimum absolute atomic E-state index is 0.706. The fourth-order valence-corrected chi connectivity index (χ4v) is 2.09.